The number of esters is 1. The maximum Gasteiger partial charge on any atom is 0.342 e. The molecule has 0 bridgehead atoms. The molecule has 0 aromatic carbocycles. The number of ether oxygens (including phenoxy) is 1. The van der Waals surface area contributed by atoms with Crippen molar-refractivity contribution in [1.82, 2.24) is 15.1 Å². The van der Waals surface area contributed by atoms with Gasteiger partial charge in [0.1, 0.15) is 0 Å². The van der Waals surface area contributed by atoms with Gasteiger partial charge >= 0.3 is 5.97 Å². The Morgan fingerprint density at radius 3 is 2.82 bits per heavy atom. The Morgan fingerprint density at radius 1 is 1.59 bits per heavy atom. The lowest BCUT2D eigenvalue weighted by Gasteiger charge is -2.12. The zero-order chi connectivity index (χ0) is 12.4. The molecule has 0 aliphatic heterocycles. The van der Waals surface area contributed by atoms with Gasteiger partial charge in [-0.15, -0.1) is 0 Å². The fourth-order valence-corrected chi connectivity index (χ4v) is 1.35. The van der Waals surface area contributed by atoms with Crippen LogP contribution in [0.4, 0.5) is 0 Å². The molecule has 0 radical (unpaired) electrons. The first kappa shape index (κ1) is 11.6. The van der Waals surface area contributed by atoms with E-state index in [0.717, 1.165) is 12.8 Å². The van der Waals surface area contributed by atoms with Crippen molar-refractivity contribution >= 4 is 11.9 Å². The van der Waals surface area contributed by atoms with Crippen molar-refractivity contribution in [2.24, 2.45) is 7.05 Å². The first-order valence-corrected chi connectivity index (χ1v) is 5.56. The minimum Gasteiger partial charge on any atom is -0.449 e. The van der Waals surface area contributed by atoms with Gasteiger partial charge in [0.15, 0.2) is 6.10 Å². The van der Waals surface area contributed by atoms with E-state index >= 15 is 0 Å². The normalized spacial score (nSPS) is 16.4. The lowest BCUT2D eigenvalue weighted by molar-refractivity contribution is -0.129. The molecule has 1 heterocycles. The van der Waals surface area contributed by atoms with Crippen LogP contribution >= 0.6 is 0 Å². The number of hydrogen-bond acceptors (Lipinski definition) is 4. The maximum absolute atomic E-state index is 11.6. The molecule has 6 heteroatoms. The molecule has 0 saturated heterocycles. The van der Waals surface area contributed by atoms with Gasteiger partial charge in [0.2, 0.25) is 0 Å². The molecular weight excluding hydrogens is 222 g/mol. The minimum absolute atomic E-state index is 0.246. The Labute approximate surface area is 98.9 Å². The average molecular weight is 237 g/mol. The molecule has 92 valence electrons. The van der Waals surface area contributed by atoms with Gasteiger partial charge in [-0.25, -0.2) is 4.79 Å². The highest BCUT2D eigenvalue weighted by molar-refractivity contribution is 5.91. The van der Waals surface area contributed by atoms with Gasteiger partial charge in [-0.3, -0.25) is 9.48 Å². The number of carbonyl (C=O) groups is 2. The number of hydrogen-bond donors (Lipinski definition) is 1. The Balaban J connectivity index is 1.86. The predicted octanol–water partition coefficient (Wildman–Crippen LogP) is 0.244. The van der Waals surface area contributed by atoms with Crippen molar-refractivity contribution < 1.29 is 14.3 Å². The van der Waals surface area contributed by atoms with Gasteiger partial charge in [0.25, 0.3) is 5.91 Å². The first-order valence-electron chi connectivity index (χ1n) is 5.56. The molecule has 1 aromatic rings. The predicted molar refractivity (Wildman–Crippen MR) is 59.3 cm³/mol. The smallest absolute Gasteiger partial charge is 0.342 e. The zero-order valence-corrected chi connectivity index (χ0v) is 9.84. The van der Waals surface area contributed by atoms with E-state index in [2.05, 4.69) is 10.4 Å². The second-order valence-electron chi connectivity index (χ2n) is 4.23. The monoisotopic (exact) mass is 237 g/mol. The topological polar surface area (TPSA) is 73.2 Å². The lowest BCUT2D eigenvalue weighted by atomic mass is 10.3. The second-order valence-corrected chi connectivity index (χ2v) is 4.23. The molecule has 6 nitrogen and oxygen atoms in total. The van der Waals surface area contributed by atoms with Crippen molar-refractivity contribution in [3.8, 4) is 0 Å². The Morgan fingerprint density at radius 2 is 2.29 bits per heavy atom. The van der Waals surface area contributed by atoms with E-state index in [9.17, 15) is 9.59 Å². The van der Waals surface area contributed by atoms with Crippen molar-refractivity contribution in [2.45, 2.75) is 31.9 Å². The molecule has 1 saturated carbocycles. The van der Waals surface area contributed by atoms with Gasteiger partial charge in [-0.05, 0) is 19.8 Å². The summed E-state index contributed by atoms with van der Waals surface area (Å²) in [5.74, 6) is -0.777. The average Bonchev–Trinajstić information content (AvgIpc) is 2.97. The van der Waals surface area contributed by atoms with E-state index in [4.69, 9.17) is 4.74 Å². The third kappa shape index (κ3) is 3.05. The molecule has 1 unspecified atom stereocenters. The van der Waals surface area contributed by atoms with E-state index in [0.29, 0.717) is 5.56 Å². The van der Waals surface area contributed by atoms with E-state index < -0.39 is 12.1 Å². The highest BCUT2D eigenvalue weighted by atomic mass is 16.5. The number of aromatic nitrogens is 2. The van der Waals surface area contributed by atoms with Crippen LogP contribution in [0.1, 0.15) is 30.1 Å². The molecule has 1 amide bonds. The molecule has 1 N–H and O–H groups in total. The van der Waals surface area contributed by atoms with Gasteiger partial charge in [0, 0.05) is 19.3 Å². The zero-order valence-electron chi connectivity index (χ0n) is 9.84. The van der Waals surface area contributed by atoms with Crippen LogP contribution in [0.5, 0.6) is 0 Å². The number of rotatable bonds is 4. The first-order chi connectivity index (χ1) is 8.06. The number of amides is 1. The highest BCUT2D eigenvalue weighted by Crippen LogP contribution is 2.18. The molecular formula is C11H15N3O3. The summed E-state index contributed by atoms with van der Waals surface area (Å²) in [6, 6.07) is 0.266. The van der Waals surface area contributed by atoms with Gasteiger partial charge < -0.3 is 10.1 Å². The van der Waals surface area contributed by atoms with Crippen LogP contribution in [0.15, 0.2) is 12.4 Å². The van der Waals surface area contributed by atoms with Crippen molar-refractivity contribution in [1.29, 1.82) is 0 Å². The van der Waals surface area contributed by atoms with Crippen LogP contribution in [0.2, 0.25) is 0 Å². The number of carbonyl (C=O) groups excluding carboxylic acids is 2. The van der Waals surface area contributed by atoms with Gasteiger partial charge in [-0.1, -0.05) is 0 Å². The third-order valence-electron chi connectivity index (χ3n) is 2.52. The van der Waals surface area contributed by atoms with Crippen LogP contribution in [0.25, 0.3) is 0 Å². The van der Waals surface area contributed by atoms with Crippen LogP contribution < -0.4 is 5.32 Å². The highest BCUT2D eigenvalue weighted by Gasteiger charge is 2.27. The summed E-state index contributed by atoms with van der Waals surface area (Å²) in [7, 11) is 1.71. The number of nitrogens with one attached hydrogen (secondary N) is 1. The van der Waals surface area contributed by atoms with E-state index in [1.807, 2.05) is 0 Å². The fourth-order valence-electron chi connectivity index (χ4n) is 1.35. The summed E-state index contributed by atoms with van der Waals surface area (Å²) in [4.78, 5) is 23.2. The van der Waals surface area contributed by atoms with Crippen molar-refractivity contribution in [3.05, 3.63) is 18.0 Å². The number of aryl methyl sites for hydroxylation is 1. The quantitative estimate of drug-likeness (QED) is 0.761. The standard InChI is InChI=1S/C11H15N3O3/c1-7(10(15)13-9-3-4-9)17-11(16)8-5-12-14(2)6-8/h5-7,9H,3-4H2,1-2H3,(H,13,15). The molecule has 0 spiro atoms. The van der Waals surface area contributed by atoms with Crippen LogP contribution in [-0.4, -0.2) is 33.8 Å². The Hall–Kier alpha value is -1.85. The Kier molecular flexibility index (Phi) is 3.12. The van der Waals surface area contributed by atoms with Crippen LogP contribution in [-0.2, 0) is 16.6 Å². The molecule has 1 aromatic heterocycles. The third-order valence-corrected chi connectivity index (χ3v) is 2.52. The van der Waals surface area contributed by atoms with E-state index in [1.165, 1.54) is 10.9 Å². The summed E-state index contributed by atoms with van der Waals surface area (Å²) < 4.78 is 6.54. The van der Waals surface area contributed by atoms with Crippen molar-refractivity contribution in [3.63, 3.8) is 0 Å². The van der Waals surface area contributed by atoms with E-state index in [-0.39, 0.29) is 11.9 Å². The SMILES string of the molecule is CC(OC(=O)c1cnn(C)c1)C(=O)NC1CC1. The maximum atomic E-state index is 11.6. The lowest BCUT2D eigenvalue weighted by Crippen LogP contribution is -2.37. The van der Waals surface area contributed by atoms with Crippen molar-refractivity contribution in [2.75, 3.05) is 0 Å². The molecule has 1 atom stereocenters. The largest absolute Gasteiger partial charge is 0.449 e. The van der Waals surface area contributed by atoms with E-state index in [1.54, 1.807) is 20.2 Å². The summed E-state index contributed by atoms with van der Waals surface area (Å²) in [5.41, 5.74) is 0.346. The van der Waals surface area contributed by atoms with Crippen LogP contribution in [0.3, 0.4) is 0 Å². The minimum atomic E-state index is -0.775. The number of nitrogens with zero attached hydrogens (tertiary/aromatic N) is 2. The molecule has 1 aliphatic rings. The fraction of sp³-hybridized carbons (Fsp3) is 0.545. The molecule has 1 fully saturated rings. The molecule has 2 rings (SSSR count). The van der Waals surface area contributed by atoms with Crippen LogP contribution in [0, 0.1) is 0 Å². The summed E-state index contributed by atoms with van der Waals surface area (Å²) in [5, 5.41) is 6.64. The van der Waals surface area contributed by atoms with Gasteiger partial charge in [0.05, 0.1) is 11.8 Å². The summed E-state index contributed by atoms with van der Waals surface area (Å²) in [6.45, 7) is 1.56. The summed E-state index contributed by atoms with van der Waals surface area (Å²) >= 11 is 0. The summed E-state index contributed by atoms with van der Waals surface area (Å²) in [6.07, 6.45) is 4.20. The molecule has 1 aliphatic carbocycles. The second kappa shape index (κ2) is 4.57. The molecule has 17 heavy (non-hydrogen) atoms. The van der Waals surface area contributed by atoms with Gasteiger partial charge in [-0.2, -0.15) is 5.10 Å². The Bertz CT molecular complexity index is 437.